The molecule has 13 heavy (non-hydrogen) atoms. The lowest BCUT2D eigenvalue weighted by molar-refractivity contribution is 0.128. The Morgan fingerprint density at radius 1 is 1.31 bits per heavy atom. The topological polar surface area (TPSA) is 44.8 Å². The molecular weight excluding hydrogens is 191 g/mol. The van der Waals surface area contributed by atoms with Crippen molar-refractivity contribution in [2.24, 2.45) is 0 Å². The second-order valence-corrected chi connectivity index (χ2v) is 3.84. The fraction of sp³-hybridized carbons (Fsp3) is 0.750. The highest BCUT2D eigenvalue weighted by atomic mass is 31.2. The fourth-order valence-corrected chi connectivity index (χ4v) is 1.77. The number of rotatable bonds is 7. The van der Waals surface area contributed by atoms with Gasteiger partial charge in [-0.25, -0.2) is 4.57 Å². The van der Waals surface area contributed by atoms with Gasteiger partial charge in [0.05, 0.1) is 13.2 Å². The van der Waals surface area contributed by atoms with Gasteiger partial charge in [-0.2, -0.15) is 0 Å². The van der Waals surface area contributed by atoms with Crippen molar-refractivity contribution >= 4 is 7.82 Å². The zero-order valence-electron chi connectivity index (χ0n) is 7.99. The van der Waals surface area contributed by atoms with Gasteiger partial charge in [0.25, 0.3) is 0 Å². The molecule has 0 heterocycles. The molecule has 0 aliphatic rings. The van der Waals surface area contributed by atoms with E-state index in [-0.39, 0.29) is 13.2 Å². The average Bonchev–Trinajstić information content (AvgIpc) is 2.12. The van der Waals surface area contributed by atoms with Crippen LogP contribution in [0.5, 0.6) is 0 Å². The van der Waals surface area contributed by atoms with Gasteiger partial charge >= 0.3 is 7.82 Å². The monoisotopic (exact) mass is 206 g/mol. The van der Waals surface area contributed by atoms with Crippen LogP contribution in [0, 0.1) is 12.3 Å². The summed E-state index contributed by atoms with van der Waals surface area (Å²) >= 11 is 0. The van der Waals surface area contributed by atoms with Gasteiger partial charge in [-0.1, -0.05) is 12.8 Å². The number of hydrogen-bond donors (Lipinski definition) is 0. The van der Waals surface area contributed by atoms with E-state index in [4.69, 9.17) is 20.0 Å². The molecule has 1 atom stereocenters. The van der Waals surface area contributed by atoms with Gasteiger partial charge in [-0.3, -0.25) is 13.6 Å². The van der Waals surface area contributed by atoms with Crippen LogP contribution in [0.15, 0.2) is 0 Å². The smallest absolute Gasteiger partial charge is 0.287 e. The molecule has 4 nitrogen and oxygen atoms in total. The molecule has 0 aliphatic carbocycles. The molecule has 0 N–H and O–H groups in total. The molecule has 0 bridgehead atoms. The number of phosphoric ester groups is 1. The van der Waals surface area contributed by atoms with Gasteiger partial charge in [0.15, 0.2) is 0 Å². The summed E-state index contributed by atoms with van der Waals surface area (Å²) in [7, 11) is -3.39. The molecular formula is C8H15O4P. The molecule has 1 unspecified atom stereocenters. The molecule has 0 saturated heterocycles. The van der Waals surface area contributed by atoms with Crippen LogP contribution in [0.4, 0.5) is 0 Å². The van der Waals surface area contributed by atoms with E-state index >= 15 is 0 Å². The molecule has 0 aromatic carbocycles. The predicted molar refractivity (Wildman–Crippen MR) is 50.3 cm³/mol. The molecule has 0 spiro atoms. The van der Waals surface area contributed by atoms with Crippen molar-refractivity contribution in [2.75, 3.05) is 19.8 Å². The molecule has 0 rings (SSSR count). The largest absolute Gasteiger partial charge is 0.475 e. The number of phosphoric acid groups is 1. The quantitative estimate of drug-likeness (QED) is 0.473. The molecule has 5 heteroatoms. The molecule has 0 saturated carbocycles. The second kappa shape index (κ2) is 7.11. The van der Waals surface area contributed by atoms with Gasteiger partial charge < -0.3 is 0 Å². The first kappa shape index (κ1) is 12.7. The third kappa shape index (κ3) is 5.84. The Bertz CT molecular complexity index is 209. The minimum Gasteiger partial charge on any atom is -0.287 e. The van der Waals surface area contributed by atoms with Gasteiger partial charge in [0.1, 0.15) is 6.61 Å². The van der Waals surface area contributed by atoms with E-state index in [0.29, 0.717) is 6.61 Å². The van der Waals surface area contributed by atoms with E-state index in [2.05, 4.69) is 5.92 Å². The highest BCUT2D eigenvalue weighted by Gasteiger charge is 2.24. The van der Waals surface area contributed by atoms with Crippen LogP contribution >= 0.6 is 7.82 Å². The maximum absolute atomic E-state index is 11.6. The average molecular weight is 206 g/mol. The first-order chi connectivity index (χ1) is 6.18. The van der Waals surface area contributed by atoms with Crippen molar-refractivity contribution in [1.82, 2.24) is 0 Å². The summed E-state index contributed by atoms with van der Waals surface area (Å²) < 4.78 is 26.2. The Hall–Kier alpha value is -0.330. The van der Waals surface area contributed by atoms with Gasteiger partial charge in [-0.15, -0.1) is 6.42 Å². The van der Waals surface area contributed by atoms with Crippen molar-refractivity contribution in [3.63, 3.8) is 0 Å². The van der Waals surface area contributed by atoms with Crippen LogP contribution in [0.1, 0.15) is 20.3 Å². The highest BCUT2D eigenvalue weighted by Crippen LogP contribution is 2.49. The van der Waals surface area contributed by atoms with E-state index in [1.54, 1.807) is 6.92 Å². The Morgan fingerprint density at radius 3 is 2.46 bits per heavy atom. The van der Waals surface area contributed by atoms with E-state index in [9.17, 15) is 4.57 Å². The number of terminal acetylenes is 1. The maximum Gasteiger partial charge on any atom is 0.475 e. The molecule has 0 aliphatic heterocycles. The lowest BCUT2D eigenvalue weighted by atomic mass is 10.5. The summed E-state index contributed by atoms with van der Waals surface area (Å²) in [6.45, 7) is 4.15. The van der Waals surface area contributed by atoms with Crippen LogP contribution < -0.4 is 0 Å². The predicted octanol–water partition coefficient (Wildman–Crippen LogP) is 2.21. The summed E-state index contributed by atoms with van der Waals surface area (Å²) in [5.74, 6) is 2.20. The van der Waals surface area contributed by atoms with Crippen LogP contribution in [-0.4, -0.2) is 19.8 Å². The van der Waals surface area contributed by atoms with Crippen molar-refractivity contribution in [3.8, 4) is 12.3 Å². The Kier molecular flexibility index (Phi) is 6.93. The first-order valence-electron chi connectivity index (χ1n) is 4.15. The van der Waals surface area contributed by atoms with Crippen molar-refractivity contribution in [2.45, 2.75) is 20.3 Å². The third-order valence-electron chi connectivity index (χ3n) is 1.05. The molecule has 0 aromatic rings. The summed E-state index contributed by atoms with van der Waals surface area (Å²) in [5, 5.41) is 0. The Balaban J connectivity index is 4.01. The molecule has 0 amide bonds. The van der Waals surface area contributed by atoms with Crippen molar-refractivity contribution in [1.29, 1.82) is 0 Å². The fourth-order valence-electron chi connectivity index (χ4n) is 0.589. The molecule has 0 aromatic heterocycles. The minimum atomic E-state index is -3.39. The second-order valence-electron chi connectivity index (χ2n) is 2.18. The standard InChI is InChI=1S/C8H15O4P/c1-4-7-11-13(9,10-6-3)12-8-5-2/h1H,5-8H2,2-3H3. The minimum absolute atomic E-state index is 0.0685. The third-order valence-corrected chi connectivity index (χ3v) is 2.57. The molecule has 0 fully saturated rings. The van der Waals surface area contributed by atoms with E-state index < -0.39 is 7.82 Å². The maximum atomic E-state index is 11.6. The summed E-state index contributed by atoms with van der Waals surface area (Å²) in [6.07, 6.45) is 5.70. The van der Waals surface area contributed by atoms with Gasteiger partial charge in [0, 0.05) is 0 Å². The SMILES string of the molecule is C#CCOP(=O)(OCC)OCCC. The van der Waals surface area contributed by atoms with E-state index in [0.717, 1.165) is 6.42 Å². The highest BCUT2D eigenvalue weighted by molar-refractivity contribution is 7.48. The zero-order chi connectivity index (χ0) is 10.2. The summed E-state index contributed by atoms with van der Waals surface area (Å²) in [6, 6.07) is 0. The first-order valence-corrected chi connectivity index (χ1v) is 5.61. The zero-order valence-corrected chi connectivity index (χ0v) is 8.88. The van der Waals surface area contributed by atoms with Gasteiger partial charge in [0.2, 0.25) is 0 Å². The Morgan fingerprint density at radius 2 is 2.00 bits per heavy atom. The lowest BCUT2D eigenvalue weighted by Gasteiger charge is -2.15. The molecule has 0 radical (unpaired) electrons. The van der Waals surface area contributed by atoms with E-state index in [1.807, 2.05) is 6.92 Å². The van der Waals surface area contributed by atoms with Gasteiger partial charge in [-0.05, 0) is 13.3 Å². The Labute approximate surface area is 79.2 Å². The normalized spacial score (nSPS) is 14.8. The van der Waals surface area contributed by atoms with Crippen LogP contribution in [0.3, 0.4) is 0 Å². The summed E-state index contributed by atoms with van der Waals surface area (Å²) in [5.41, 5.74) is 0. The van der Waals surface area contributed by atoms with Crippen LogP contribution in [0.2, 0.25) is 0 Å². The lowest BCUT2D eigenvalue weighted by Crippen LogP contribution is -2.01. The van der Waals surface area contributed by atoms with Crippen LogP contribution in [0.25, 0.3) is 0 Å². The summed E-state index contributed by atoms with van der Waals surface area (Å²) in [4.78, 5) is 0. The van der Waals surface area contributed by atoms with Crippen LogP contribution in [-0.2, 0) is 18.1 Å². The van der Waals surface area contributed by atoms with Crippen molar-refractivity contribution < 1.29 is 18.1 Å². The number of hydrogen-bond acceptors (Lipinski definition) is 4. The van der Waals surface area contributed by atoms with E-state index in [1.165, 1.54) is 0 Å². The van der Waals surface area contributed by atoms with Crippen molar-refractivity contribution in [3.05, 3.63) is 0 Å². The molecule has 76 valence electrons.